The van der Waals surface area contributed by atoms with Gasteiger partial charge >= 0.3 is 0 Å². The lowest BCUT2D eigenvalue weighted by atomic mass is 9.97. The lowest BCUT2D eigenvalue weighted by molar-refractivity contribution is 1.18. The topological polar surface area (TPSA) is 8.17 Å². The molecule has 58 heavy (non-hydrogen) atoms. The Bertz CT molecular complexity index is 3820. The van der Waals surface area contributed by atoms with Crippen molar-refractivity contribution in [3.63, 3.8) is 0 Å². The van der Waals surface area contributed by atoms with Crippen molar-refractivity contribution in [2.45, 2.75) is 0 Å². The average molecular weight is 751 g/mol. The van der Waals surface area contributed by atoms with Crippen LogP contribution in [0.3, 0.4) is 0 Å². The van der Waals surface area contributed by atoms with Gasteiger partial charge in [-0.2, -0.15) is 0 Å². The number of fused-ring (bicyclic) bond motifs is 5. The maximum Gasteiger partial charge on any atom is 0.0645 e. The Morgan fingerprint density at radius 2 is 0.914 bits per heavy atom. The number of para-hydroxylation sites is 2. The first-order valence-electron chi connectivity index (χ1n) is 24.9. The number of hydrogen-bond acceptors (Lipinski definition) is 1. The van der Waals surface area contributed by atoms with Gasteiger partial charge in [0.15, 0.2) is 0 Å². The molecule has 0 aliphatic heterocycles. The van der Waals surface area contributed by atoms with E-state index >= 15 is 0 Å². The minimum Gasteiger partial charge on any atom is -0.310 e. The Morgan fingerprint density at radius 1 is 0.362 bits per heavy atom. The van der Waals surface area contributed by atoms with Gasteiger partial charge in [0.05, 0.1) is 27.5 Å². The maximum absolute atomic E-state index is 9.50. The standard InChI is InChI=1S/C56H38N2/c1-2-19-44(20-3-1)58-54-28-9-8-24-53(54)56-52(27-13-29-55(56)58)43-18-10-21-47(38-43)57(45-34-30-41(31-35-45)50-25-11-16-39-14-4-6-22-48(39)50)46-36-32-42(33-37-46)51-26-12-17-40-15-5-7-23-49(40)51/h1-38H/i1D,2D,3D,8D,9D,13D,19D,20D,24D,27D,28D,29D. The summed E-state index contributed by atoms with van der Waals surface area (Å²) in [5.41, 5.74) is 5.94. The summed E-state index contributed by atoms with van der Waals surface area (Å²) in [7, 11) is 0. The molecule has 11 rings (SSSR count). The fraction of sp³-hybridized carbons (Fsp3) is 0. The van der Waals surface area contributed by atoms with Crippen LogP contribution < -0.4 is 4.90 Å². The first kappa shape index (κ1) is 23.4. The van der Waals surface area contributed by atoms with E-state index in [2.05, 4.69) is 77.7 Å². The molecule has 0 amide bonds. The van der Waals surface area contributed by atoms with Crippen LogP contribution in [-0.4, -0.2) is 4.57 Å². The van der Waals surface area contributed by atoms with E-state index in [4.69, 9.17) is 11.0 Å². The van der Waals surface area contributed by atoms with Crippen molar-refractivity contribution >= 4 is 60.4 Å². The monoisotopic (exact) mass is 750 g/mol. The van der Waals surface area contributed by atoms with Gasteiger partial charge in [-0.1, -0.05) is 170 Å². The largest absolute Gasteiger partial charge is 0.310 e. The van der Waals surface area contributed by atoms with Gasteiger partial charge in [-0.05, 0) is 115 Å². The van der Waals surface area contributed by atoms with Crippen LogP contribution in [0.1, 0.15) is 16.4 Å². The molecule has 0 fully saturated rings. The van der Waals surface area contributed by atoms with Crippen molar-refractivity contribution in [2.24, 2.45) is 0 Å². The summed E-state index contributed by atoms with van der Waals surface area (Å²) in [6, 6.07) is 45.4. The van der Waals surface area contributed by atoms with Gasteiger partial charge in [0.2, 0.25) is 0 Å². The second-order valence-electron chi connectivity index (χ2n) is 14.0. The molecule has 0 unspecified atom stereocenters. The minimum atomic E-state index is -0.690. The molecule has 0 saturated heterocycles. The molecular formula is C56H38N2. The number of anilines is 3. The van der Waals surface area contributed by atoms with Gasteiger partial charge in [-0.25, -0.2) is 0 Å². The smallest absolute Gasteiger partial charge is 0.0645 e. The van der Waals surface area contributed by atoms with E-state index in [1.165, 1.54) is 0 Å². The third kappa shape index (κ3) is 5.74. The summed E-state index contributed by atoms with van der Waals surface area (Å²) in [6.45, 7) is 0. The zero-order valence-electron chi connectivity index (χ0n) is 42.9. The Hall–Kier alpha value is -7.68. The SMILES string of the molecule is [2H]c1c([2H])c([2H])c(-n2c3c([2H])c([2H])c([2H])c([2H])c3c3c(-c4cccc(N(c5ccc(-c6cccc7ccccc67)cc5)c5ccc(-c6cccc7ccccc67)cc5)c4)c([2H])c([2H])c([2H])c32)c([2H])c1[2H]. The van der Waals surface area contributed by atoms with E-state index in [-0.39, 0.29) is 27.4 Å². The van der Waals surface area contributed by atoms with E-state index in [0.29, 0.717) is 11.3 Å². The Kier molecular flexibility index (Phi) is 5.70. The molecule has 10 aromatic carbocycles. The zero-order chi connectivity index (χ0) is 48.9. The molecule has 2 nitrogen and oxygen atoms in total. The fourth-order valence-electron chi connectivity index (χ4n) is 8.15. The van der Waals surface area contributed by atoms with Crippen molar-refractivity contribution in [3.05, 3.63) is 230 Å². The van der Waals surface area contributed by atoms with Crippen LogP contribution in [-0.2, 0) is 0 Å². The summed E-state index contributed by atoms with van der Waals surface area (Å²) in [5.74, 6) is 0. The van der Waals surface area contributed by atoms with Crippen LogP contribution >= 0.6 is 0 Å². The molecule has 1 aromatic heterocycles. The van der Waals surface area contributed by atoms with Gasteiger partial charge < -0.3 is 9.47 Å². The van der Waals surface area contributed by atoms with E-state index in [0.717, 1.165) is 59.7 Å². The van der Waals surface area contributed by atoms with Gasteiger partial charge in [-0.3, -0.25) is 0 Å². The number of nitrogens with zero attached hydrogens (tertiary/aromatic N) is 2. The second-order valence-corrected chi connectivity index (χ2v) is 14.0. The molecule has 0 N–H and O–H groups in total. The number of aromatic nitrogens is 1. The highest BCUT2D eigenvalue weighted by Gasteiger charge is 2.19. The summed E-state index contributed by atoms with van der Waals surface area (Å²) < 4.78 is 108. The highest BCUT2D eigenvalue weighted by molar-refractivity contribution is 6.16. The molecular weight excluding hydrogens is 701 g/mol. The first-order valence-corrected chi connectivity index (χ1v) is 18.9. The molecule has 0 aliphatic rings. The van der Waals surface area contributed by atoms with Crippen LogP contribution in [0, 0.1) is 0 Å². The highest BCUT2D eigenvalue weighted by Crippen LogP contribution is 2.43. The van der Waals surface area contributed by atoms with Crippen molar-refractivity contribution in [1.29, 1.82) is 0 Å². The molecule has 0 spiro atoms. The molecule has 272 valence electrons. The molecule has 1 heterocycles. The van der Waals surface area contributed by atoms with E-state index in [1.807, 2.05) is 72.8 Å². The van der Waals surface area contributed by atoms with Gasteiger partial charge in [0.25, 0.3) is 0 Å². The lowest BCUT2D eigenvalue weighted by Crippen LogP contribution is -2.10. The average Bonchev–Trinajstić information content (AvgIpc) is 3.73. The summed E-state index contributed by atoms with van der Waals surface area (Å²) in [4.78, 5) is 2.06. The van der Waals surface area contributed by atoms with Crippen molar-refractivity contribution < 1.29 is 16.4 Å². The summed E-state index contributed by atoms with van der Waals surface area (Å²) >= 11 is 0. The molecule has 0 saturated carbocycles. The van der Waals surface area contributed by atoms with E-state index in [1.54, 1.807) is 12.1 Å². The fourth-order valence-corrected chi connectivity index (χ4v) is 8.15. The summed E-state index contributed by atoms with van der Waals surface area (Å²) in [5, 5.41) is 4.36. The minimum absolute atomic E-state index is 0.00222. The molecule has 0 aliphatic carbocycles. The number of benzene rings is 10. The second kappa shape index (κ2) is 14.1. The number of rotatable bonds is 7. The molecule has 2 heteroatoms. The van der Waals surface area contributed by atoms with Gasteiger partial charge in [0.1, 0.15) is 0 Å². The van der Waals surface area contributed by atoms with Crippen LogP contribution in [0.5, 0.6) is 0 Å². The highest BCUT2D eigenvalue weighted by atomic mass is 15.1. The van der Waals surface area contributed by atoms with Crippen LogP contribution in [0.15, 0.2) is 230 Å². The van der Waals surface area contributed by atoms with Crippen LogP contribution in [0.4, 0.5) is 17.1 Å². The predicted octanol–water partition coefficient (Wildman–Crippen LogP) is 15.6. The summed E-state index contributed by atoms with van der Waals surface area (Å²) in [6.07, 6.45) is 0. The van der Waals surface area contributed by atoms with E-state index in [9.17, 15) is 5.48 Å². The normalized spacial score (nSPS) is 14.3. The molecule has 0 atom stereocenters. The van der Waals surface area contributed by atoms with Crippen molar-refractivity contribution in [1.82, 2.24) is 4.57 Å². The molecule has 0 radical (unpaired) electrons. The van der Waals surface area contributed by atoms with Crippen LogP contribution in [0.25, 0.3) is 82.4 Å². The van der Waals surface area contributed by atoms with Crippen LogP contribution in [0.2, 0.25) is 0 Å². The van der Waals surface area contributed by atoms with Crippen molar-refractivity contribution in [2.75, 3.05) is 4.90 Å². The Morgan fingerprint density at radius 3 is 1.57 bits per heavy atom. The maximum atomic E-state index is 9.50. The lowest BCUT2D eigenvalue weighted by Gasteiger charge is -2.26. The van der Waals surface area contributed by atoms with Gasteiger partial charge in [0, 0.05) is 33.5 Å². The third-order valence-corrected chi connectivity index (χ3v) is 10.8. The first-order chi connectivity index (χ1) is 33.8. The Labute approximate surface area is 355 Å². The van der Waals surface area contributed by atoms with Crippen molar-refractivity contribution in [3.8, 4) is 39.1 Å². The Balaban J connectivity index is 1.16. The third-order valence-electron chi connectivity index (χ3n) is 10.8. The van der Waals surface area contributed by atoms with Gasteiger partial charge in [-0.15, -0.1) is 0 Å². The predicted molar refractivity (Wildman–Crippen MR) is 247 cm³/mol. The molecule has 0 bridgehead atoms. The molecule has 11 aromatic rings. The zero-order valence-corrected chi connectivity index (χ0v) is 30.9. The quantitative estimate of drug-likeness (QED) is 0.157. The number of hydrogen-bond donors (Lipinski definition) is 0. The van der Waals surface area contributed by atoms with E-state index < -0.39 is 78.2 Å².